The number of aromatic carboxylic acids is 1. The fourth-order valence-electron chi connectivity index (χ4n) is 3.28. The molecular weight excluding hydrogens is 412 g/mol. The Morgan fingerprint density at radius 1 is 1.13 bits per heavy atom. The van der Waals surface area contributed by atoms with Crippen LogP contribution in [-0.4, -0.2) is 40.7 Å². The number of carboxylic acid groups (broad SMARTS) is 1. The van der Waals surface area contributed by atoms with Gasteiger partial charge in [-0.1, -0.05) is 30.3 Å². The number of likely N-dealkylation sites (N-methyl/N-ethyl adjacent to an activating group) is 1. The summed E-state index contributed by atoms with van der Waals surface area (Å²) in [5.74, 6) is -0.423. The summed E-state index contributed by atoms with van der Waals surface area (Å²) in [4.78, 5) is 30.5. The molecule has 1 N–H and O–H groups in total. The Morgan fingerprint density at radius 2 is 1.87 bits per heavy atom. The van der Waals surface area contributed by atoms with Crippen LogP contribution in [0, 0.1) is 0 Å². The van der Waals surface area contributed by atoms with Crippen molar-refractivity contribution in [3.05, 3.63) is 76.7 Å². The van der Waals surface area contributed by atoms with Gasteiger partial charge in [-0.25, -0.2) is 9.79 Å². The lowest BCUT2D eigenvalue weighted by Gasteiger charge is -2.11. The summed E-state index contributed by atoms with van der Waals surface area (Å²) < 4.78 is 5.81. The quantitative estimate of drug-likeness (QED) is 0.563. The first-order valence-electron chi connectivity index (χ1n) is 9.72. The number of nitrogens with zero attached hydrogens (tertiary/aromatic N) is 2. The number of hydrogen-bond donors (Lipinski definition) is 1. The maximum atomic E-state index is 12.9. The van der Waals surface area contributed by atoms with Crippen LogP contribution in [0.3, 0.4) is 0 Å². The third kappa shape index (κ3) is 4.18. The van der Waals surface area contributed by atoms with Gasteiger partial charge < -0.3 is 9.84 Å². The molecule has 0 bridgehead atoms. The Bertz CT molecular complexity index is 1230. The number of carbonyl (C=O) groups excluding carboxylic acids is 1. The van der Waals surface area contributed by atoms with E-state index in [1.54, 1.807) is 19.2 Å². The maximum Gasteiger partial charge on any atom is 0.335 e. The van der Waals surface area contributed by atoms with Crippen LogP contribution < -0.4 is 4.74 Å². The van der Waals surface area contributed by atoms with Crippen molar-refractivity contribution in [1.29, 1.82) is 0 Å². The maximum absolute atomic E-state index is 12.9. The number of fused-ring (bicyclic) bond motifs is 1. The zero-order valence-corrected chi connectivity index (χ0v) is 17.8. The first kappa shape index (κ1) is 20.7. The molecule has 1 aliphatic rings. The van der Waals surface area contributed by atoms with Gasteiger partial charge in [-0.15, -0.1) is 0 Å². The average Bonchev–Trinajstić information content (AvgIpc) is 3.03. The molecule has 0 unspecified atom stereocenters. The zero-order chi connectivity index (χ0) is 22.0. The van der Waals surface area contributed by atoms with Crippen LogP contribution in [0.4, 0.5) is 5.69 Å². The molecule has 1 heterocycles. The summed E-state index contributed by atoms with van der Waals surface area (Å²) in [7, 11) is 1.67. The SMILES string of the molecule is CCOc1ccc2ccccc2c1/C=C1/SC(=Nc2ccc(C(=O)O)cc2)N(C)C1=O. The highest BCUT2D eigenvalue weighted by Gasteiger charge is 2.31. The Hall–Kier alpha value is -3.58. The van der Waals surface area contributed by atoms with Crippen LogP contribution in [0.1, 0.15) is 22.8 Å². The van der Waals surface area contributed by atoms with Gasteiger partial charge in [-0.05, 0) is 65.9 Å². The molecule has 31 heavy (non-hydrogen) atoms. The van der Waals surface area contributed by atoms with E-state index in [2.05, 4.69) is 4.99 Å². The minimum Gasteiger partial charge on any atom is -0.493 e. The molecule has 0 aliphatic carbocycles. The second-order valence-corrected chi connectivity index (χ2v) is 7.86. The van der Waals surface area contributed by atoms with Crippen molar-refractivity contribution < 1.29 is 19.4 Å². The molecule has 7 heteroatoms. The molecule has 3 aromatic rings. The number of benzene rings is 3. The van der Waals surface area contributed by atoms with Gasteiger partial charge in [0.15, 0.2) is 5.17 Å². The van der Waals surface area contributed by atoms with E-state index in [0.29, 0.717) is 22.4 Å². The summed E-state index contributed by atoms with van der Waals surface area (Å²) in [6, 6.07) is 18.1. The normalized spacial score (nSPS) is 16.5. The number of rotatable bonds is 5. The van der Waals surface area contributed by atoms with Crippen molar-refractivity contribution in [3.63, 3.8) is 0 Å². The minimum atomic E-state index is -0.993. The number of thioether (sulfide) groups is 1. The summed E-state index contributed by atoms with van der Waals surface area (Å²) in [5.41, 5.74) is 1.62. The van der Waals surface area contributed by atoms with E-state index in [0.717, 1.165) is 22.1 Å². The Morgan fingerprint density at radius 3 is 2.58 bits per heavy atom. The smallest absolute Gasteiger partial charge is 0.335 e. The van der Waals surface area contributed by atoms with Crippen molar-refractivity contribution in [1.82, 2.24) is 4.90 Å². The van der Waals surface area contributed by atoms with Crippen molar-refractivity contribution in [2.24, 2.45) is 4.99 Å². The predicted octanol–water partition coefficient (Wildman–Crippen LogP) is 5.17. The third-order valence-electron chi connectivity index (χ3n) is 4.85. The number of amides is 1. The number of ether oxygens (including phenoxy) is 1. The molecule has 0 aromatic heterocycles. The molecule has 1 amide bonds. The zero-order valence-electron chi connectivity index (χ0n) is 17.0. The van der Waals surface area contributed by atoms with E-state index < -0.39 is 5.97 Å². The lowest BCUT2D eigenvalue weighted by atomic mass is 10.0. The van der Waals surface area contributed by atoms with Crippen molar-refractivity contribution in [3.8, 4) is 5.75 Å². The lowest BCUT2D eigenvalue weighted by molar-refractivity contribution is -0.121. The molecule has 156 valence electrons. The molecule has 0 spiro atoms. The van der Waals surface area contributed by atoms with Gasteiger partial charge in [0.05, 0.1) is 22.8 Å². The summed E-state index contributed by atoms with van der Waals surface area (Å²) >= 11 is 1.28. The number of carbonyl (C=O) groups is 2. The van der Waals surface area contributed by atoms with Gasteiger partial charge in [0, 0.05) is 12.6 Å². The van der Waals surface area contributed by atoms with E-state index in [9.17, 15) is 9.59 Å². The van der Waals surface area contributed by atoms with Crippen LogP contribution >= 0.6 is 11.8 Å². The molecule has 1 aliphatic heterocycles. The Kier molecular flexibility index (Phi) is 5.77. The molecule has 1 saturated heterocycles. The molecule has 0 saturated carbocycles. The molecule has 6 nitrogen and oxygen atoms in total. The lowest BCUT2D eigenvalue weighted by Crippen LogP contribution is -2.23. The largest absolute Gasteiger partial charge is 0.493 e. The second-order valence-electron chi connectivity index (χ2n) is 6.85. The number of aliphatic imine (C=N–C) groups is 1. The third-order valence-corrected chi connectivity index (χ3v) is 5.91. The highest BCUT2D eigenvalue weighted by Crippen LogP contribution is 2.37. The van der Waals surface area contributed by atoms with Crippen LogP contribution in [0.2, 0.25) is 0 Å². The van der Waals surface area contributed by atoms with Gasteiger partial charge in [-0.2, -0.15) is 0 Å². The molecule has 0 radical (unpaired) electrons. The summed E-state index contributed by atoms with van der Waals surface area (Å²) in [5, 5.41) is 11.6. The average molecular weight is 433 g/mol. The van der Waals surface area contributed by atoms with Crippen molar-refractivity contribution in [2.75, 3.05) is 13.7 Å². The Balaban J connectivity index is 1.72. The number of hydrogen-bond acceptors (Lipinski definition) is 5. The van der Waals surface area contributed by atoms with Crippen LogP contribution in [0.25, 0.3) is 16.8 Å². The molecule has 1 fully saturated rings. The van der Waals surface area contributed by atoms with Crippen LogP contribution in [-0.2, 0) is 4.79 Å². The van der Waals surface area contributed by atoms with E-state index in [1.165, 1.54) is 28.8 Å². The summed E-state index contributed by atoms with van der Waals surface area (Å²) in [6.07, 6.45) is 1.85. The number of carboxylic acids is 1. The topological polar surface area (TPSA) is 79.2 Å². The molecular formula is C24H20N2O4S. The molecule has 4 rings (SSSR count). The van der Waals surface area contributed by atoms with Gasteiger partial charge in [-0.3, -0.25) is 9.69 Å². The summed E-state index contributed by atoms with van der Waals surface area (Å²) in [6.45, 7) is 2.45. The highest BCUT2D eigenvalue weighted by atomic mass is 32.2. The van der Waals surface area contributed by atoms with E-state index >= 15 is 0 Å². The fraction of sp³-hybridized carbons (Fsp3) is 0.125. The second kappa shape index (κ2) is 8.65. The van der Waals surface area contributed by atoms with E-state index in [-0.39, 0.29) is 11.5 Å². The van der Waals surface area contributed by atoms with Gasteiger partial charge in [0.2, 0.25) is 0 Å². The fourth-order valence-corrected chi connectivity index (χ4v) is 4.25. The number of amidine groups is 1. The van der Waals surface area contributed by atoms with Gasteiger partial charge in [0.25, 0.3) is 5.91 Å². The first-order valence-corrected chi connectivity index (χ1v) is 10.5. The minimum absolute atomic E-state index is 0.152. The monoisotopic (exact) mass is 432 g/mol. The van der Waals surface area contributed by atoms with E-state index in [1.807, 2.05) is 49.4 Å². The van der Waals surface area contributed by atoms with Gasteiger partial charge in [0.1, 0.15) is 5.75 Å². The predicted molar refractivity (Wildman–Crippen MR) is 124 cm³/mol. The molecule has 0 atom stereocenters. The van der Waals surface area contributed by atoms with Crippen LogP contribution in [0.5, 0.6) is 5.75 Å². The first-order chi connectivity index (χ1) is 15.0. The van der Waals surface area contributed by atoms with Crippen molar-refractivity contribution in [2.45, 2.75) is 6.92 Å². The van der Waals surface area contributed by atoms with Crippen LogP contribution in [0.15, 0.2) is 70.6 Å². The Labute approximate surface area is 183 Å². The van der Waals surface area contributed by atoms with Gasteiger partial charge >= 0.3 is 5.97 Å². The van der Waals surface area contributed by atoms with Crippen molar-refractivity contribution >= 4 is 51.3 Å². The van der Waals surface area contributed by atoms with E-state index in [4.69, 9.17) is 9.84 Å². The standard InChI is InChI=1S/C24H20N2O4S/c1-3-30-20-13-10-15-6-4-5-7-18(15)19(20)14-21-22(27)26(2)24(31-21)25-17-11-8-16(9-12-17)23(28)29/h4-14H,3H2,1-2H3,(H,28,29)/b21-14+,25-24?. The highest BCUT2D eigenvalue weighted by molar-refractivity contribution is 8.18. The molecule has 3 aromatic carbocycles.